The van der Waals surface area contributed by atoms with E-state index in [2.05, 4.69) is 15.4 Å². The Morgan fingerprint density at radius 2 is 1.93 bits per heavy atom. The average Bonchev–Trinajstić information content (AvgIpc) is 2.73. The van der Waals surface area contributed by atoms with E-state index in [1.807, 2.05) is 0 Å². The lowest BCUT2D eigenvalue weighted by molar-refractivity contribution is -0.140. The van der Waals surface area contributed by atoms with Crippen LogP contribution in [0, 0.1) is 6.92 Å². The van der Waals surface area contributed by atoms with Gasteiger partial charge in [0.25, 0.3) is 5.91 Å². The Morgan fingerprint density at radius 1 is 1.21 bits per heavy atom. The molecule has 0 spiro atoms. The molecule has 2 amide bonds. The number of carbonyl (C=O) groups excluding carboxylic acids is 3. The highest BCUT2D eigenvalue weighted by atomic mass is 35.5. The molecule has 0 fully saturated rings. The summed E-state index contributed by atoms with van der Waals surface area (Å²) in [5.41, 5.74) is 1.16. The fourth-order valence-corrected chi connectivity index (χ4v) is 2.89. The van der Waals surface area contributed by atoms with Gasteiger partial charge in [-0.15, -0.1) is 0 Å². The number of esters is 1. The van der Waals surface area contributed by atoms with E-state index in [9.17, 15) is 14.4 Å². The third-order valence-corrected chi connectivity index (χ3v) is 4.91. The van der Waals surface area contributed by atoms with E-state index < -0.39 is 18.5 Å². The molecule has 0 saturated carbocycles. The molecule has 150 valence electrons. The Hall–Kier alpha value is -2.97. The summed E-state index contributed by atoms with van der Waals surface area (Å²) in [5, 5.41) is 8.25. The number of rotatable bonds is 5. The molecule has 1 aromatic carbocycles. The monoisotopic (exact) mass is 434 g/mol. The second-order valence-corrected chi connectivity index (χ2v) is 6.89. The van der Waals surface area contributed by atoms with Gasteiger partial charge >= 0.3 is 5.97 Å². The highest BCUT2D eigenvalue weighted by Crippen LogP contribution is 2.28. The van der Waals surface area contributed by atoms with Gasteiger partial charge in [-0.3, -0.25) is 9.59 Å². The van der Waals surface area contributed by atoms with Gasteiger partial charge in [0.15, 0.2) is 12.4 Å². The van der Waals surface area contributed by atoms with Crippen molar-refractivity contribution >= 4 is 58.2 Å². The first-order valence-corrected chi connectivity index (χ1v) is 9.35. The van der Waals surface area contributed by atoms with E-state index in [1.54, 1.807) is 37.3 Å². The SMILES string of the molecule is Cc1c(Cl)cnc(NC(=O)COC(=O)C2=NN(c3ccccc3)C(=O)CC2)c1Cl. The predicted molar refractivity (Wildman–Crippen MR) is 109 cm³/mol. The zero-order chi connectivity index (χ0) is 21.0. The molecule has 0 atom stereocenters. The molecule has 8 nitrogen and oxygen atoms in total. The van der Waals surface area contributed by atoms with E-state index in [0.29, 0.717) is 16.3 Å². The van der Waals surface area contributed by atoms with Gasteiger partial charge in [0.1, 0.15) is 5.71 Å². The molecule has 1 aliphatic rings. The number of carbonyl (C=O) groups is 3. The largest absolute Gasteiger partial charge is 0.451 e. The number of ether oxygens (including phenoxy) is 1. The van der Waals surface area contributed by atoms with Crippen LogP contribution >= 0.6 is 23.2 Å². The quantitative estimate of drug-likeness (QED) is 0.726. The van der Waals surface area contributed by atoms with Crippen LogP contribution in [-0.2, 0) is 19.1 Å². The van der Waals surface area contributed by atoms with Crippen molar-refractivity contribution in [2.24, 2.45) is 5.10 Å². The number of para-hydroxylation sites is 1. The number of aromatic nitrogens is 1. The van der Waals surface area contributed by atoms with Crippen molar-refractivity contribution < 1.29 is 19.1 Å². The van der Waals surface area contributed by atoms with Crippen LogP contribution in [0.2, 0.25) is 10.0 Å². The predicted octanol–water partition coefficient (Wildman–Crippen LogP) is 3.36. The zero-order valence-electron chi connectivity index (χ0n) is 15.3. The minimum Gasteiger partial charge on any atom is -0.451 e. The summed E-state index contributed by atoms with van der Waals surface area (Å²) in [5.74, 6) is -1.52. The van der Waals surface area contributed by atoms with Crippen molar-refractivity contribution in [2.75, 3.05) is 16.9 Å². The van der Waals surface area contributed by atoms with Crippen molar-refractivity contribution in [3.8, 4) is 0 Å². The van der Waals surface area contributed by atoms with Crippen molar-refractivity contribution in [3.05, 3.63) is 52.1 Å². The Labute approximate surface area is 176 Å². The second kappa shape index (κ2) is 9.02. The first kappa shape index (κ1) is 20.8. The molecule has 3 rings (SSSR count). The van der Waals surface area contributed by atoms with Crippen molar-refractivity contribution in [3.63, 3.8) is 0 Å². The number of nitrogens with zero attached hydrogens (tertiary/aromatic N) is 3. The highest BCUT2D eigenvalue weighted by molar-refractivity contribution is 6.38. The van der Waals surface area contributed by atoms with E-state index in [-0.39, 0.29) is 35.3 Å². The molecular formula is C19H16Cl2N4O4. The summed E-state index contributed by atoms with van der Waals surface area (Å²) in [6.45, 7) is 1.12. The molecule has 0 bridgehead atoms. The second-order valence-electron chi connectivity index (χ2n) is 6.11. The van der Waals surface area contributed by atoms with Crippen molar-refractivity contribution in [1.82, 2.24) is 4.98 Å². The third-order valence-electron chi connectivity index (χ3n) is 4.06. The van der Waals surface area contributed by atoms with Crippen LogP contribution in [0.5, 0.6) is 0 Å². The topological polar surface area (TPSA) is 101 Å². The summed E-state index contributed by atoms with van der Waals surface area (Å²) in [7, 11) is 0. The number of anilines is 2. The van der Waals surface area contributed by atoms with Gasteiger partial charge in [0, 0.05) is 19.0 Å². The number of nitrogens with one attached hydrogen (secondary N) is 1. The van der Waals surface area contributed by atoms with Gasteiger partial charge < -0.3 is 10.1 Å². The maximum absolute atomic E-state index is 12.3. The number of hydrazone groups is 1. The van der Waals surface area contributed by atoms with Gasteiger partial charge in [0.05, 0.1) is 15.7 Å². The fourth-order valence-electron chi connectivity index (χ4n) is 2.50. The smallest absolute Gasteiger partial charge is 0.355 e. The Bertz CT molecular complexity index is 995. The maximum Gasteiger partial charge on any atom is 0.355 e. The molecule has 0 aliphatic carbocycles. The Balaban J connectivity index is 1.62. The van der Waals surface area contributed by atoms with Crippen LogP contribution < -0.4 is 10.3 Å². The van der Waals surface area contributed by atoms with Crippen LogP contribution in [0.3, 0.4) is 0 Å². The first-order valence-electron chi connectivity index (χ1n) is 8.60. The number of halogens is 2. The maximum atomic E-state index is 12.3. The molecule has 0 saturated heterocycles. The van der Waals surface area contributed by atoms with Crippen LogP contribution in [-0.4, -0.2) is 35.1 Å². The zero-order valence-corrected chi connectivity index (χ0v) is 16.8. The third kappa shape index (κ3) is 4.90. The molecule has 1 aliphatic heterocycles. The van der Waals surface area contributed by atoms with Gasteiger partial charge in [-0.05, 0) is 24.6 Å². The number of benzene rings is 1. The molecule has 29 heavy (non-hydrogen) atoms. The van der Waals surface area contributed by atoms with Gasteiger partial charge in [-0.1, -0.05) is 41.4 Å². The lowest BCUT2D eigenvalue weighted by Crippen LogP contribution is -2.35. The van der Waals surface area contributed by atoms with Crippen LogP contribution in [0.15, 0.2) is 41.6 Å². The van der Waals surface area contributed by atoms with Gasteiger partial charge in [-0.25, -0.2) is 14.8 Å². The standard InChI is InChI=1S/C19H16Cl2N4O4/c1-11-13(20)9-22-18(17(11)21)23-15(26)10-29-19(28)14-7-8-16(27)25(24-14)12-5-3-2-4-6-12/h2-6,9H,7-8,10H2,1H3,(H,22,23,26). The van der Waals surface area contributed by atoms with Crippen LogP contribution in [0.25, 0.3) is 0 Å². The number of amides is 2. The molecule has 0 unspecified atom stereocenters. The minimum atomic E-state index is -0.778. The molecule has 2 heterocycles. The van der Waals surface area contributed by atoms with Gasteiger partial charge in [-0.2, -0.15) is 5.10 Å². The summed E-state index contributed by atoms with van der Waals surface area (Å²) in [6.07, 6.45) is 1.60. The van der Waals surface area contributed by atoms with Crippen molar-refractivity contribution in [1.29, 1.82) is 0 Å². The van der Waals surface area contributed by atoms with Crippen LogP contribution in [0.1, 0.15) is 18.4 Å². The molecular weight excluding hydrogens is 419 g/mol. The lowest BCUT2D eigenvalue weighted by Gasteiger charge is -2.22. The summed E-state index contributed by atoms with van der Waals surface area (Å²) < 4.78 is 5.01. The first-order chi connectivity index (χ1) is 13.9. The van der Waals surface area contributed by atoms with Crippen LogP contribution in [0.4, 0.5) is 11.5 Å². The van der Waals surface area contributed by atoms with E-state index in [4.69, 9.17) is 27.9 Å². The van der Waals surface area contributed by atoms with E-state index >= 15 is 0 Å². The number of hydrogen-bond donors (Lipinski definition) is 1. The fraction of sp³-hybridized carbons (Fsp3) is 0.211. The van der Waals surface area contributed by atoms with Crippen molar-refractivity contribution in [2.45, 2.75) is 19.8 Å². The van der Waals surface area contributed by atoms with E-state index in [0.717, 1.165) is 5.01 Å². The normalized spacial score (nSPS) is 13.7. The minimum absolute atomic E-state index is 0.0553. The molecule has 0 radical (unpaired) electrons. The summed E-state index contributed by atoms with van der Waals surface area (Å²) in [6, 6.07) is 8.72. The number of hydrogen-bond acceptors (Lipinski definition) is 6. The summed E-state index contributed by atoms with van der Waals surface area (Å²) >= 11 is 12.0. The molecule has 10 heteroatoms. The lowest BCUT2D eigenvalue weighted by atomic mass is 10.1. The highest BCUT2D eigenvalue weighted by Gasteiger charge is 2.27. The molecule has 1 N–H and O–H groups in total. The molecule has 2 aromatic rings. The Kier molecular flexibility index (Phi) is 6.46. The average molecular weight is 435 g/mol. The Morgan fingerprint density at radius 3 is 2.66 bits per heavy atom. The molecule has 1 aromatic heterocycles. The summed E-state index contributed by atoms with van der Waals surface area (Å²) in [4.78, 5) is 40.4. The van der Waals surface area contributed by atoms with Gasteiger partial charge in [0.2, 0.25) is 5.91 Å². The van der Waals surface area contributed by atoms with E-state index in [1.165, 1.54) is 6.20 Å². The number of pyridine rings is 1.